The van der Waals surface area contributed by atoms with Crippen LogP contribution in [0.3, 0.4) is 0 Å². The van der Waals surface area contributed by atoms with E-state index in [1.165, 1.54) is 6.07 Å². The Kier molecular flexibility index (Phi) is 3.75. The predicted molar refractivity (Wildman–Crippen MR) is 67.3 cm³/mol. The SMILES string of the molecule is N#Cc1cccc(NC2CCNCC2)c1[N+](=O)[O-]. The fourth-order valence-corrected chi connectivity index (χ4v) is 2.13. The van der Waals surface area contributed by atoms with Crippen molar-refractivity contribution in [2.75, 3.05) is 18.4 Å². The first kappa shape index (κ1) is 12.3. The van der Waals surface area contributed by atoms with Crippen molar-refractivity contribution in [1.82, 2.24) is 5.32 Å². The van der Waals surface area contributed by atoms with Gasteiger partial charge in [0, 0.05) is 6.04 Å². The number of nitrogens with zero attached hydrogens (tertiary/aromatic N) is 2. The van der Waals surface area contributed by atoms with Crippen molar-refractivity contribution in [2.45, 2.75) is 18.9 Å². The number of benzene rings is 1. The van der Waals surface area contributed by atoms with Crippen LogP contribution in [-0.4, -0.2) is 24.1 Å². The van der Waals surface area contributed by atoms with E-state index in [1.54, 1.807) is 12.1 Å². The first-order chi connectivity index (χ1) is 8.72. The number of hydrogen-bond donors (Lipinski definition) is 2. The Labute approximate surface area is 105 Å². The smallest absolute Gasteiger partial charge is 0.309 e. The van der Waals surface area contributed by atoms with Gasteiger partial charge in [-0.05, 0) is 38.1 Å². The minimum atomic E-state index is -0.498. The Balaban J connectivity index is 2.26. The number of nitro benzene ring substituents is 1. The Morgan fingerprint density at radius 1 is 1.44 bits per heavy atom. The molecule has 0 aliphatic carbocycles. The van der Waals surface area contributed by atoms with Gasteiger partial charge in [-0.25, -0.2) is 0 Å². The molecule has 0 amide bonds. The van der Waals surface area contributed by atoms with Crippen molar-refractivity contribution in [3.8, 4) is 6.07 Å². The fraction of sp³-hybridized carbons (Fsp3) is 0.417. The quantitative estimate of drug-likeness (QED) is 0.624. The van der Waals surface area contributed by atoms with Gasteiger partial charge in [-0.2, -0.15) is 5.26 Å². The molecule has 1 aliphatic rings. The van der Waals surface area contributed by atoms with Gasteiger partial charge in [0.1, 0.15) is 17.3 Å². The van der Waals surface area contributed by atoms with E-state index in [0.29, 0.717) is 5.69 Å². The predicted octanol–water partition coefficient (Wildman–Crippen LogP) is 1.63. The molecule has 1 fully saturated rings. The van der Waals surface area contributed by atoms with Gasteiger partial charge >= 0.3 is 5.69 Å². The summed E-state index contributed by atoms with van der Waals surface area (Å²) in [7, 11) is 0. The minimum Gasteiger partial charge on any atom is -0.377 e. The molecule has 1 aromatic rings. The van der Waals surface area contributed by atoms with Crippen LogP contribution >= 0.6 is 0 Å². The molecule has 0 unspecified atom stereocenters. The molecular formula is C12H14N4O2. The standard InChI is InChI=1S/C12H14N4O2/c13-8-9-2-1-3-11(12(9)16(17)18)15-10-4-6-14-7-5-10/h1-3,10,14-15H,4-7H2. The van der Waals surface area contributed by atoms with Crippen molar-refractivity contribution in [3.63, 3.8) is 0 Å². The second-order valence-corrected chi connectivity index (χ2v) is 4.24. The van der Waals surface area contributed by atoms with Gasteiger partial charge in [0.15, 0.2) is 0 Å². The lowest BCUT2D eigenvalue weighted by molar-refractivity contribution is -0.384. The zero-order chi connectivity index (χ0) is 13.0. The Hall–Kier alpha value is -2.13. The number of anilines is 1. The van der Waals surface area contributed by atoms with E-state index >= 15 is 0 Å². The topological polar surface area (TPSA) is 91.0 Å². The van der Waals surface area contributed by atoms with Gasteiger partial charge in [0.2, 0.25) is 0 Å². The molecule has 0 bridgehead atoms. The van der Waals surface area contributed by atoms with Crippen molar-refractivity contribution >= 4 is 11.4 Å². The molecule has 0 saturated carbocycles. The van der Waals surface area contributed by atoms with E-state index in [2.05, 4.69) is 10.6 Å². The first-order valence-electron chi connectivity index (χ1n) is 5.87. The molecule has 6 nitrogen and oxygen atoms in total. The third-order valence-electron chi connectivity index (χ3n) is 3.04. The number of rotatable bonds is 3. The summed E-state index contributed by atoms with van der Waals surface area (Å²) < 4.78 is 0. The third kappa shape index (κ3) is 2.57. The average molecular weight is 246 g/mol. The average Bonchev–Trinajstić information content (AvgIpc) is 2.39. The van der Waals surface area contributed by atoms with Crippen LogP contribution in [0.15, 0.2) is 18.2 Å². The van der Waals surface area contributed by atoms with Crippen molar-refractivity contribution in [2.24, 2.45) is 0 Å². The summed E-state index contributed by atoms with van der Waals surface area (Å²) >= 11 is 0. The second kappa shape index (κ2) is 5.47. The number of nitro groups is 1. The molecule has 0 spiro atoms. The Morgan fingerprint density at radius 3 is 2.78 bits per heavy atom. The summed E-state index contributed by atoms with van der Waals surface area (Å²) in [4.78, 5) is 10.5. The summed E-state index contributed by atoms with van der Waals surface area (Å²) in [5, 5.41) is 26.4. The summed E-state index contributed by atoms with van der Waals surface area (Å²) in [6.07, 6.45) is 1.85. The van der Waals surface area contributed by atoms with Crippen LogP contribution in [0, 0.1) is 21.4 Å². The van der Waals surface area contributed by atoms with Crippen LogP contribution in [-0.2, 0) is 0 Å². The van der Waals surface area contributed by atoms with Crippen LogP contribution < -0.4 is 10.6 Å². The van der Waals surface area contributed by atoms with Gasteiger partial charge in [0.25, 0.3) is 0 Å². The third-order valence-corrected chi connectivity index (χ3v) is 3.04. The zero-order valence-corrected chi connectivity index (χ0v) is 9.85. The number of para-hydroxylation sites is 1. The highest BCUT2D eigenvalue weighted by Crippen LogP contribution is 2.29. The lowest BCUT2D eigenvalue weighted by Gasteiger charge is -2.24. The summed E-state index contributed by atoms with van der Waals surface area (Å²) in [6.45, 7) is 1.81. The Bertz CT molecular complexity index is 489. The van der Waals surface area contributed by atoms with Gasteiger partial charge in [-0.15, -0.1) is 0 Å². The molecule has 0 radical (unpaired) electrons. The lowest BCUT2D eigenvalue weighted by atomic mass is 10.1. The maximum atomic E-state index is 11.0. The molecular weight excluding hydrogens is 232 g/mol. The number of nitriles is 1. The maximum Gasteiger partial charge on any atom is 0.309 e. The molecule has 2 N–H and O–H groups in total. The van der Waals surface area contributed by atoms with Crippen LogP contribution in [0.1, 0.15) is 18.4 Å². The molecule has 0 aromatic heterocycles. The van der Waals surface area contributed by atoms with Crippen molar-refractivity contribution in [1.29, 1.82) is 5.26 Å². The molecule has 2 rings (SSSR count). The highest BCUT2D eigenvalue weighted by Gasteiger charge is 2.22. The zero-order valence-electron chi connectivity index (χ0n) is 9.85. The fourth-order valence-electron chi connectivity index (χ4n) is 2.13. The first-order valence-corrected chi connectivity index (χ1v) is 5.87. The van der Waals surface area contributed by atoms with Crippen molar-refractivity contribution in [3.05, 3.63) is 33.9 Å². The van der Waals surface area contributed by atoms with E-state index in [0.717, 1.165) is 25.9 Å². The van der Waals surface area contributed by atoms with E-state index in [-0.39, 0.29) is 17.3 Å². The molecule has 1 aliphatic heterocycles. The van der Waals surface area contributed by atoms with Gasteiger partial charge < -0.3 is 10.6 Å². The summed E-state index contributed by atoms with van der Waals surface area (Å²) in [5.74, 6) is 0. The van der Waals surface area contributed by atoms with E-state index in [9.17, 15) is 10.1 Å². The van der Waals surface area contributed by atoms with E-state index < -0.39 is 4.92 Å². The van der Waals surface area contributed by atoms with Gasteiger partial charge in [-0.3, -0.25) is 10.1 Å². The van der Waals surface area contributed by atoms with E-state index in [1.807, 2.05) is 6.07 Å². The lowest BCUT2D eigenvalue weighted by Crippen LogP contribution is -2.35. The van der Waals surface area contributed by atoms with Crippen LogP contribution in [0.25, 0.3) is 0 Å². The minimum absolute atomic E-state index is 0.0962. The highest BCUT2D eigenvalue weighted by molar-refractivity contribution is 5.68. The molecule has 6 heteroatoms. The summed E-state index contributed by atoms with van der Waals surface area (Å²) in [6, 6.07) is 6.86. The second-order valence-electron chi connectivity index (χ2n) is 4.24. The maximum absolute atomic E-state index is 11.0. The molecule has 18 heavy (non-hydrogen) atoms. The molecule has 0 atom stereocenters. The number of hydrogen-bond acceptors (Lipinski definition) is 5. The van der Waals surface area contributed by atoms with E-state index in [4.69, 9.17) is 5.26 Å². The highest BCUT2D eigenvalue weighted by atomic mass is 16.6. The summed E-state index contributed by atoms with van der Waals surface area (Å²) in [5.41, 5.74) is 0.406. The van der Waals surface area contributed by atoms with Crippen LogP contribution in [0.2, 0.25) is 0 Å². The number of piperidine rings is 1. The monoisotopic (exact) mass is 246 g/mol. The van der Waals surface area contributed by atoms with Crippen LogP contribution in [0.4, 0.5) is 11.4 Å². The number of nitrogens with one attached hydrogen (secondary N) is 2. The normalized spacial score (nSPS) is 15.9. The van der Waals surface area contributed by atoms with Crippen molar-refractivity contribution < 1.29 is 4.92 Å². The van der Waals surface area contributed by atoms with Gasteiger partial charge in [0.05, 0.1) is 4.92 Å². The molecule has 1 heterocycles. The molecule has 1 aromatic carbocycles. The Morgan fingerprint density at radius 2 is 2.17 bits per heavy atom. The molecule has 1 saturated heterocycles. The largest absolute Gasteiger partial charge is 0.377 e. The van der Waals surface area contributed by atoms with Crippen LogP contribution in [0.5, 0.6) is 0 Å². The van der Waals surface area contributed by atoms with Gasteiger partial charge in [-0.1, -0.05) is 6.07 Å². The molecule has 94 valence electrons.